The molecule has 4 aromatic heterocycles. The molecule has 6 aliphatic rings. The molecule has 2 aliphatic carbocycles. The van der Waals surface area contributed by atoms with Crippen LogP contribution in [-0.4, -0.2) is 91.0 Å². The van der Waals surface area contributed by atoms with Gasteiger partial charge in [0, 0.05) is 87.0 Å². The number of nitrogens with zero attached hydrogens (tertiary/aromatic N) is 8. The zero-order valence-electron chi connectivity index (χ0n) is 33.9. The Hall–Kier alpha value is -5.74. The molecule has 6 aromatic rings. The van der Waals surface area contributed by atoms with Crippen molar-refractivity contribution >= 4 is 33.5 Å². The third-order valence-electron chi connectivity index (χ3n) is 12.7. The van der Waals surface area contributed by atoms with Gasteiger partial charge in [0.25, 0.3) is 11.8 Å². The monoisotopic (exact) mass is 848 g/mol. The first-order valence-electron chi connectivity index (χ1n) is 21.4. The summed E-state index contributed by atoms with van der Waals surface area (Å²) in [5.41, 5.74) is 10.8. The fourth-order valence-corrected chi connectivity index (χ4v) is 8.89. The molecule has 8 heterocycles. The van der Waals surface area contributed by atoms with Gasteiger partial charge in [0.15, 0.2) is 0 Å². The number of ether oxygens (including phenoxy) is 4. The van der Waals surface area contributed by atoms with Crippen LogP contribution in [0.15, 0.2) is 83.6 Å². The highest BCUT2D eigenvalue weighted by Crippen LogP contribution is 2.50. The fraction of sp³-hybridized carbons (Fsp3) is 0.435. The molecule has 320 valence electrons. The molecule has 16 heteroatoms. The van der Waals surface area contributed by atoms with Crippen molar-refractivity contribution in [2.45, 2.75) is 88.8 Å². The average Bonchev–Trinajstić information content (AvgIpc) is 3.71. The number of alkyl halides is 4. The van der Waals surface area contributed by atoms with E-state index in [9.17, 15) is 17.6 Å². The second-order valence-corrected chi connectivity index (χ2v) is 17.0. The number of aliphatic imine (C=N–C) groups is 2. The Morgan fingerprint density at radius 3 is 1.60 bits per heavy atom. The van der Waals surface area contributed by atoms with E-state index in [4.69, 9.17) is 28.9 Å². The smallest absolute Gasteiger partial charge is 0.253 e. The maximum Gasteiger partial charge on any atom is 0.253 e. The van der Waals surface area contributed by atoms with Crippen molar-refractivity contribution in [3.63, 3.8) is 0 Å². The van der Waals surface area contributed by atoms with Crippen molar-refractivity contribution in [2.24, 2.45) is 21.8 Å². The topological polar surface area (TPSA) is 123 Å². The van der Waals surface area contributed by atoms with E-state index in [0.717, 1.165) is 92.6 Å². The second-order valence-electron chi connectivity index (χ2n) is 17.0. The van der Waals surface area contributed by atoms with Gasteiger partial charge in [-0.15, -0.1) is 0 Å². The fourth-order valence-electron chi connectivity index (χ4n) is 8.89. The van der Waals surface area contributed by atoms with Crippen molar-refractivity contribution in [1.29, 1.82) is 0 Å². The predicted molar refractivity (Wildman–Crippen MR) is 222 cm³/mol. The van der Waals surface area contributed by atoms with Gasteiger partial charge in [-0.1, -0.05) is 12.1 Å². The van der Waals surface area contributed by atoms with E-state index >= 15 is 0 Å². The SMILES string of the molecule is FC1(F)CC1Cn1cnc2cc(C3=NCc4ccnc(OC5CCOCC5)c43)ccc21.FC1(F)CC1Cn1cnc2ccc(C3=NCc4ccnc(OC5CCOCC5)c43)cc21. The van der Waals surface area contributed by atoms with E-state index in [-0.39, 0.29) is 31.6 Å². The highest BCUT2D eigenvalue weighted by Gasteiger charge is 2.57. The maximum absolute atomic E-state index is 13.4. The van der Waals surface area contributed by atoms with Crippen LogP contribution < -0.4 is 9.47 Å². The van der Waals surface area contributed by atoms with Crippen LogP contribution in [0.3, 0.4) is 0 Å². The summed E-state index contributed by atoms with van der Waals surface area (Å²) >= 11 is 0. The van der Waals surface area contributed by atoms with Crippen LogP contribution >= 0.6 is 0 Å². The number of aromatic nitrogens is 6. The first kappa shape index (κ1) is 39.1. The molecule has 2 unspecified atom stereocenters. The number of imidazole rings is 2. The molecule has 0 N–H and O–H groups in total. The molecule has 0 spiro atoms. The Labute approximate surface area is 354 Å². The number of halogens is 4. The normalized spacial score (nSPS) is 22.4. The van der Waals surface area contributed by atoms with E-state index in [1.165, 1.54) is 0 Å². The number of rotatable bonds is 10. The van der Waals surface area contributed by atoms with E-state index < -0.39 is 23.7 Å². The van der Waals surface area contributed by atoms with Crippen LogP contribution in [0, 0.1) is 11.8 Å². The minimum absolute atomic E-state index is 0.0404. The number of hydrogen-bond acceptors (Lipinski definition) is 10. The van der Waals surface area contributed by atoms with Gasteiger partial charge in [0.05, 0.1) is 96.8 Å². The number of pyridine rings is 2. The molecule has 2 atom stereocenters. The number of fused-ring (bicyclic) bond motifs is 4. The van der Waals surface area contributed by atoms with Crippen LogP contribution in [-0.2, 0) is 35.7 Å². The van der Waals surface area contributed by atoms with Gasteiger partial charge in [-0.2, -0.15) is 0 Å². The Balaban J connectivity index is 0.000000139. The molecule has 2 aromatic carbocycles. The Kier molecular flexibility index (Phi) is 9.82. The predicted octanol–water partition coefficient (Wildman–Crippen LogP) is 7.99. The average molecular weight is 849 g/mol. The summed E-state index contributed by atoms with van der Waals surface area (Å²) in [5, 5.41) is 0. The van der Waals surface area contributed by atoms with Crippen LogP contribution in [0.4, 0.5) is 17.6 Å². The first-order chi connectivity index (χ1) is 30.2. The molecular weight excluding hydrogens is 805 g/mol. The van der Waals surface area contributed by atoms with E-state index in [1.54, 1.807) is 25.0 Å². The molecule has 0 bridgehead atoms. The maximum atomic E-state index is 13.4. The summed E-state index contributed by atoms with van der Waals surface area (Å²) in [7, 11) is 0. The third kappa shape index (κ3) is 7.61. The van der Waals surface area contributed by atoms with Gasteiger partial charge in [0.2, 0.25) is 11.8 Å². The molecule has 12 rings (SSSR count). The largest absolute Gasteiger partial charge is 0.474 e. The lowest BCUT2D eigenvalue weighted by atomic mass is 10.0. The zero-order chi connectivity index (χ0) is 42.0. The van der Waals surface area contributed by atoms with E-state index in [1.807, 2.05) is 57.7 Å². The highest BCUT2D eigenvalue weighted by atomic mass is 19.3. The number of benzene rings is 2. The molecule has 0 radical (unpaired) electrons. The molecule has 2 saturated carbocycles. The summed E-state index contributed by atoms with van der Waals surface area (Å²) in [6.07, 6.45) is 10.3. The molecule has 62 heavy (non-hydrogen) atoms. The van der Waals surface area contributed by atoms with Crippen LogP contribution in [0.2, 0.25) is 0 Å². The lowest BCUT2D eigenvalue weighted by molar-refractivity contribution is 0.0234. The van der Waals surface area contributed by atoms with Crippen LogP contribution in [0.1, 0.15) is 71.9 Å². The van der Waals surface area contributed by atoms with Crippen LogP contribution in [0.25, 0.3) is 22.1 Å². The zero-order valence-corrected chi connectivity index (χ0v) is 33.9. The van der Waals surface area contributed by atoms with Gasteiger partial charge >= 0.3 is 0 Å². The molecule has 0 amide bonds. The van der Waals surface area contributed by atoms with Crippen molar-refractivity contribution in [2.75, 3.05) is 26.4 Å². The minimum atomic E-state index is -2.55. The number of hydrogen-bond donors (Lipinski definition) is 0. The van der Waals surface area contributed by atoms with Crippen molar-refractivity contribution in [1.82, 2.24) is 29.1 Å². The lowest BCUT2D eigenvalue weighted by Crippen LogP contribution is -2.27. The summed E-state index contributed by atoms with van der Waals surface area (Å²) < 4.78 is 80.5. The standard InChI is InChI=1S/2C23H22F2N4O2/c24-23(25)10-16(23)12-29-13-28-18-9-14(1-2-19(18)29)21-20-15(11-27-21)3-6-26-22(20)31-17-4-7-30-8-5-17;24-23(25)10-16(23)12-29-13-28-18-2-1-14(9-19(18)29)21-20-15(11-27-21)3-6-26-22(20)31-17-4-7-30-8-5-17/h2*1-3,6,9,13,16-17H,4-5,7-8,10-12H2. The Morgan fingerprint density at radius 1 is 0.581 bits per heavy atom. The second kappa shape index (κ2) is 15.6. The minimum Gasteiger partial charge on any atom is -0.474 e. The molecule has 12 nitrogen and oxygen atoms in total. The third-order valence-corrected chi connectivity index (χ3v) is 12.7. The lowest BCUT2D eigenvalue weighted by Gasteiger charge is -2.24. The van der Waals surface area contributed by atoms with Crippen molar-refractivity contribution in [3.8, 4) is 11.8 Å². The molecule has 4 aliphatic heterocycles. The van der Waals surface area contributed by atoms with Gasteiger partial charge in [-0.3, -0.25) is 9.98 Å². The van der Waals surface area contributed by atoms with E-state index in [2.05, 4.69) is 19.9 Å². The van der Waals surface area contributed by atoms with E-state index in [0.29, 0.717) is 57.8 Å². The summed E-state index contributed by atoms with van der Waals surface area (Å²) in [6.45, 7) is 4.51. The molecular formula is C46H44F4N8O4. The quantitative estimate of drug-likeness (QED) is 0.127. The summed E-state index contributed by atoms with van der Waals surface area (Å²) in [5.74, 6) is -5.07. The molecule has 2 saturated heterocycles. The Morgan fingerprint density at radius 2 is 1.06 bits per heavy atom. The van der Waals surface area contributed by atoms with Crippen LogP contribution in [0.5, 0.6) is 11.8 Å². The van der Waals surface area contributed by atoms with Gasteiger partial charge < -0.3 is 28.1 Å². The van der Waals surface area contributed by atoms with Gasteiger partial charge in [0.1, 0.15) is 12.2 Å². The van der Waals surface area contributed by atoms with Crippen molar-refractivity contribution in [3.05, 3.63) is 107 Å². The van der Waals surface area contributed by atoms with Crippen molar-refractivity contribution < 1.29 is 36.5 Å². The highest BCUT2D eigenvalue weighted by molar-refractivity contribution is 6.18. The molecule has 4 fully saturated rings. The summed E-state index contributed by atoms with van der Waals surface area (Å²) in [4.78, 5) is 27.4. The van der Waals surface area contributed by atoms with Gasteiger partial charge in [-0.05, 0) is 47.5 Å². The Bertz CT molecular complexity index is 2740. The van der Waals surface area contributed by atoms with Gasteiger partial charge in [-0.25, -0.2) is 37.5 Å². The summed E-state index contributed by atoms with van der Waals surface area (Å²) in [6, 6.07) is 15.7. The first-order valence-corrected chi connectivity index (χ1v) is 21.4.